The van der Waals surface area contributed by atoms with Gasteiger partial charge in [0.15, 0.2) is 0 Å². The van der Waals surface area contributed by atoms with Crippen LogP contribution < -0.4 is 5.32 Å². The Balaban J connectivity index is 1.44. The van der Waals surface area contributed by atoms with E-state index in [4.69, 9.17) is 4.74 Å². The Morgan fingerprint density at radius 2 is 1.54 bits per heavy atom. The minimum Gasteiger partial charge on any atom is -0.465 e. The molecule has 0 unspecified atom stereocenters. The Labute approximate surface area is 152 Å². The van der Waals surface area contributed by atoms with Gasteiger partial charge >= 0.3 is 5.97 Å². The van der Waals surface area contributed by atoms with Crippen LogP contribution in [0.3, 0.4) is 0 Å². The molecule has 0 saturated heterocycles. The van der Waals surface area contributed by atoms with Gasteiger partial charge in [-0.25, -0.2) is 0 Å². The summed E-state index contributed by atoms with van der Waals surface area (Å²) in [6.45, 7) is 0.327. The van der Waals surface area contributed by atoms with Crippen LogP contribution in [0.4, 0.5) is 5.69 Å². The maximum atomic E-state index is 12.1. The lowest BCUT2D eigenvalue weighted by Gasteiger charge is -2.09. The molecule has 132 valence electrons. The molecule has 0 bridgehead atoms. The van der Waals surface area contributed by atoms with Crippen LogP contribution in [0.1, 0.15) is 18.4 Å². The van der Waals surface area contributed by atoms with Gasteiger partial charge in [0, 0.05) is 23.9 Å². The fourth-order valence-corrected chi connectivity index (χ4v) is 2.76. The Morgan fingerprint density at radius 1 is 0.808 bits per heavy atom. The Morgan fingerprint density at radius 3 is 2.38 bits per heavy atom. The van der Waals surface area contributed by atoms with Gasteiger partial charge in [-0.3, -0.25) is 9.59 Å². The van der Waals surface area contributed by atoms with Gasteiger partial charge in [0.1, 0.15) is 0 Å². The molecule has 0 atom stereocenters. The zero-order chi connectivity index (χ0) is 18.2. The van der Waals surface area contributed by atoms with E-state index in [1.807, 2.05) is 72.8 Å². The second kappa shape index (κ2) is 8.81. The second-order valence-corrected chi connectivity index (χ2v) is 6.03. The second-order valence-electron chi connectivity index (χ2n) is 6.03. The predicted molar refractivity (Wildman–Crippen MR) is 103 cm³/mol. The summed E-state index contributed by atoms with van der Waals surface area (Å²) in [7, 11) is 0. The van der Waals surface area contributed by atoms with Gasteiger partial charge in [-0.1, -0.05) is 66.7 Å². The molecular formula is C22H21NO3. The first-order valence-electron chi connectivity index (χ1n) is 8.69. The van der Waals surface area contributed by atoms with E-state index in [1.54, 1.807) is 0 Å². The summed E-state index contributed by atoms with van der Waals surface area (Å²) in [6, 6.07) is 23.4. The highest BCUT2D eigenvalue weighted by Gasteiger charge is 2.10. The minimum atomic E-state index is -0.353. The van der Waals surface area contributed by atoms with E-state index in [0.29, 0.717) is 13.0 Å². The van der Waals surface area contributed by atoms with Gasteiger partial charge in [-0.05, 0) is 17.0 Å². The summed E-state index contributed by atoms with van der Waals surface area (Å²) in [5.41, 5.74) is 1.87. The molecule has 0 spiro atoms. The molecule has 0 heterocycles. The predicted octanol–water partition coefficient (Wildman–Crippen LogP) is 4.34. The van der Waals surface area contributed by atoms with Crippen LogP contribution in [0.15, 0.2) is 72.8 Å². The molecule has 3 rings (SSSR count). The Hall–Kier alpha value is -3.14. The third-order valence-corrected chi connectivity index (χ3v) is 4.12. The number of fused-ring (bicyclic) bond motifs is 1. The molecule has 26 heavy (non-hydrogen) atoms. The average Bonchev–Trinajstić information content (AvgIpc) is 2.67. The number of ether oxygens (including phenoxy) is 1. The van der Waals surface area contributed by atoms with E-state index in [-0.39, 0.29) is 24.7 Å². The van der Waals surface area contributed by atoms with Crippen molar-refractivity contribution < 1.29 is 14.3 Å². The molecule has 3 aromatic carbocycles. The number of hydrogen-bond donors (Lipinski definition) is 1. The van der Waals surface area contributed by atoms with E-state index in [1.165, 1.54) is 0 Å². The standard InChI is InChI=1S/C22H21NO3/c24-21(23-20-12-6-10-18-9-4-5-11-19(18)20)13-14-22(25)26-16-15-17-7-2-1-3-8-17/h1-12H,13-16H2,(H,23,24). The molecule has 1 amide bonds. The molecule has 0 aliphatic heterocycles. The molecule has 0 aliphatic rings. The number of carbonyl (C=O) groups excluding carboxylic acids is 2. The molecule has 1 N–H and O–H groups in total. The molecule has 0 aromatic heterocycles. The van der Waals surface area contributed by atoms with Crippen molar-refractivity contribution in [2.75, 3.05) is 11.9 Å². The van der Waals surface area contributed by atoms with Crippen molar-refractivity contribution in [2.24, 2.45) is 0 Å². The van der Waals surface area contributed by atoms with Crippen LogP contribution in [0.2, 0.25) is 0 Å². The van der Waals surface area contributed by atoms with Crippen LogP contribution in [-0.2, 0) is 20.7 Å². The lowest BCUT2D eigenvalue weighted by molar-refractivity contribution is -0.144. The normalized spacial score (nSPS) is 10.5. The summed E-state index contributed by atoms with van der Waals surface area (Å²) in [5, 5.41) is 4.92. The summed E-state index contributed by atoms with van der Waals surface area (Å²) in [6.07, 6.45) is 0.855. The van der Waals surface area contributed by atoms with Crippen molar-refractivity contribution in [1.29, 1.82) is 0 Å². The Kier molecular flexibility index (Phi) is 5.99. The quantitative estimate of drug-likeness (QED) is 0.647. The summed E-state index contributed by atoms with van der Waals surface area (Å²) in [4.78, 5) is 23.9. The number of esters is 1. The molecule has 0 fully saturated rings. The zero-order valence-electron chi connectivity index (χ0n) is 14.5. The molecule has 4 heteroatoms. The van der Waals surface area contributed by atoms with Crippen LogP contribution in [0, 0.1) is 0 Å². The van der Waals surface area contributed by atoms with Crippen molar-refractivity contribution >= 4 is 28.3 Å². The van der Waals surface area contributed by atoms with Crippen molar-refractivity contribution in [3.05, 3.63) is 78.4 Å². The molecule has 3 aromatic rings. The third kappa shape index (κ3) is 4.93. The molecule has 4 nitrogen and oxygen atoms in total. The first-order chi connectivity index (χ1) is 12.7. The summed E-state index contributed by atoms with van der Waals surface area (Å²) >= 11 is 0. The van der Waals surface area contributed by atoms with Gasteiger partial charge in [-0.2, -0.15) is 0 Å². The fourth-order valence-electron chi connectivity index (χ4n) is 2.76. The summed E-state index contributed by atoms with van der Waals surface area (Å²) < 4.78 is 5.20. The number of nitrogens with one attached hydrogen (secondary N) is 1. The topological polar surface area (TPSA) is 55.4 Å². The molecular weight excluding hydrogens is 326 g/mol. The first kappa shape index (κ1) is 17.7. The van der Waals surface area contributed by atoms with Crippen molar-refractivity contribution in [3.8, 4) is 0 Å². The largest absolute Gasteiger partial charge is 0.465 e. The molecule has 0 aliphatic carbocycles. The average molecular weight is 347 g/mol. The number of rotatable bonds is 7. The highest BCUT2D eigenvalue weighted by atomic mass is 16.5. The van der Waals surface area contributed by atoms with E-state index in [2.05, 4.69) is 5.32 Å². The summed E-state index contributed by atoms with van der Waals surface area (Å²) in [5.74, 6) is -0.546. The number of amides is 1. The number of carbonyl (C=O) groups is 2. The van der Waals surface area contributed by atoms with Gasteiger partial charge in [0.2, 0.25) is 5.91 Å². The monoisotopic (exact) mass is 347 g/mol. The van der Waals surface area contributed by atoms with E-state index in [9.17, 15) is 9.59 Å². The number of anilines is 1. The number of benzene rings is 3. The SMILES string of the molecule is O=C(CCC(=O)OCCc1ccccc1)Nc1cccc2ccccc12. The van der Waals surface area contributed by atoms with Gasteiger partial charge in [0.25, 0.3) is 0 Å². The van der Waals surface area contributed by atoms with Crippen LogP contribution in [0.25, 0.3) is 10.8 Å². The van der Waals surface area contributed by atoms with Crippen molar-refractivity contribution in [3.63, 3.8) is 0 Å². The van der Waals surface area contributed by atoms with Crippen LogP contribution in [-0.4, -0.2) is 18.5 Å². The molecule has 0 saturated carbocycles. The van der Waals surface area contributed by atoms with Crippen molar-refractivity contribution in [2.45, 2.75) is 19.3 Å². The van der Waals surface area contributed by atoms with Crippen LogP contribution in [0.5, 0.6) is 0 Å². The van der Waals surface area contributed by atoms with Gasteiger partial charge < -0.3 is 10.1 Å². The lowest BCUT2D eigenvalue weighted by atomic mass is 10.1. The van der Waals surface area contributed by atoms with Crippen molar-refractivity contribution in [1.82, 2.24) is 0 Å². The highest BCUT2D eigenvalue weighted by Crippen LogP contribution is 2.23. The smallest absolute Gasteiger partial charge is 0.306 e. The maximum Gasteiger partial charge on any atom is 0.306 e. The van der Waals surface area contributed by atoms with E-state index < -0.39 is 0 Å². The van der Waals surface area contributed by atoms with E-state index >= 15 is 0 Å². The van der Waals surface area contributed by atoms with Gasteiger partial charge in [-0.15, -0.1) is 0 Å². The highest BCUT2D eigenvalue weighted by molar-refractivity contribution is 6.02. The zero-order valence-corrected chi connectivity index (χ0v) is 14.5. The lowest BCUT2D eigenvalue weighted by Crippen LogP contribution is -2.15. The first-order valence-corrected chi connectivity index (χ1v) is 8.69. The number of hydrogen-bond acceptors (Lipinski definition) is 3. The molecule has 0 radical (unpaired) electrons. The Bertz CT molecular complexity index is 885. The van der Waals surface area contributed by atoms with E-state index in [0.717, 1.165) is 22.0 Å². The fraction of sp³-hybridized carbons (Fsp3) is 0.182. The maximum absolute atomic E-state index is 12.1. The minimum absolute atomic E-state index is 0.0748. The third-order valence-electron chi connectivity index (χ3n) is 4.12. The van der Waals surface area contributed by atoms with Crippen LogP contribution >= 0.6 is 0 Å². The van der Waals surface area contributed by atoms with Gasteiger partial charge in [0.05, 0.1) is 13.0 Å².